The van der Waals surface area contributed by atoms with E-state index in [1.54, 1.807) is 0 Å². The number of unbranched alkanes of at least 4 members (excludes halogenated alkanes) is 1. The number of rotatable bonds is 11. The Labute approximate surface area is 124 Å². The van der Waals surface area contributed by atoms with Gasteiger partial charge in [0.15, 0.2) is 0 Å². The van der Waals surface area contributed by atoms with Gasteiger partial charge in [0.25, 0.3) is 0 Å². The van der Waals surface area contributed by atoms with Crippen molar-refractivity contribution in [2.24, 2.45) is 5.92 Å². The predicted octanol–water partition coefficient (Wildman–Crippen LogP) is 3.83. The van der Waals surface area contributed by atoms with E-state index >= 15 is 0 Å². The molecule has 0 aliphatic rings. The van der Waals surface area contributed by atoms with E-state index in [1.165, 1.54) is 30.4 Å². The zero-order valence-electron chi connectivity index (χ0n) is 13.5. The molecule has 0 unspecified atom stereocenters. The Hall–Kier alpha value is -0.860. The maximum atomic E-state index is 5.65. The Morgan fingerprint density at radius 2 is 1.65 bits per heavy atom. The van der Waals surface area contributed by atoms with Crippen molar-refractivity contribution >= 4 is 0 Å². The molecule has 1 aromatic carbocycles. The lowest BCUT2D eigenvalue weighted by Gasteiger charge is -2.08. The highest BCUT2D eigenvalue weighted by Crippen LogP contribution is 2.08. The Morgan fingerprint density at radius 1 is 1.00 bits per heavy atom. The summed E-state index contributed by atoms with van der Waals surface area (Å²) in [7, 11) is 0. The Kier molecular flexibility index (Phi) is 9.35. The van der Waals surface area contributed by atoms with Crippen LogP contribution in [0.3, 0.4) is 0 Å². The molecule has 0 aromatic heterocycles. The highest BCUT2D eigenvalue weighted by Gasteiger charge is 1.96. The molecule has 1 rings (SSSR count). The minimum Gasteiger partial charge on any atom is -0.380 e. The molecule has 1 aromatic rings. The van der Waals surface area contributed by atoms with Gasteiger partial charge in [0.1, 0.15) is 0 Å². The van der Waals surface area contributed by atoms with Crippen LogP contribution < -0.4 is 5.32 Å². The fourth-order valence-corrected chi connectivity index (χ4v) is 2.08. The van der Waals surface area contributed by atoms with Crippen LogP contribution in [-0.2, 0) is 17.6 Å². The SMILES string of the molecule is CCCCc1ccc(CCOCCNCC(C)C)cc1. The van der Waals surface area contributed by atoms with Gasteiger partial charge >= 0.3 is 0 Å². The van der Waals surface area contributed by atoms with Crippen LogP contribution in [-0.4, -0.2) is 26.3 Å². The molecule has 20 heavy (non-hydrogen) atoms. The van der Waals surface area contributed by atoms with Crippen LogP contribution in [0.15, 0.2) is 24.3 Å². The topological polar surface area (TPSA) is 21.3 Å². The van der Waals surface area contributed by atoms with E-state index in [0.29, 0.717) is 5.92 Å². The fraction of sp³-hybridized carbons (Fsp3) is 0.667. The molecule has 2 nitrogen and oxygen atoms in total. The fourth-order valence-electron chi connectivity index (χ4n) is 2.08. The average Bonchev–Trinajstić information content (AvgIpc) is 2.45. The maximum Gasteiger partial charge on any atom is 0.0591 e. The summed E-state index contributed by atoms with van der Waals surface area (Å²) in [5, 5.41) is 3.39. The van der Waals surface area contributed by atoms with Gasteiger partial charge in [-0.1, -0.05) is 51.5 Å². The van der Waals surface area contributed by atoms with Crippen molar-refractivity contribution < 1.29 is 4.74 Å². The van der Waals surface area contributed by atoms with Crippen molar-refractivity contribution in [3.05, 3.63) is 35.4 Å². The first-order valence-corrected chi connectivity index (χ1v) is 8.08. The van der Waals surface area contributed by atoms with Gasteiger partial charge in [-0.3, -0.25) is 0 Å². The minimum atomic E-state index is 0.709. The highest BCUT2D eigenvalue weighted by atomic mass is 16.5. The number of hydrogen-bond acceptors (Lipinski definition) is 2. The molecule has 0 radical (unpaired) electrons. The first-order valence-electron chi connectivity index (χ1n) is 8.08. The van der Waals surface area contributed by atoms with Crippen molar-refractivity contribution in [2.45, 2.75) is 46.5 Å². The van der Waals surface area contributed by atoms with E-state index in [9.17, 15) is 0 Å². The van der Waals surface area contributed by atoms with E-state index in [4.69, 9.17) is 4.74 Å². The summed E-state index contributed by atoms with van der Waals surface area (Å²) in [6.07, 6.45) is 4.76. The number of ether oxygens (including phenoxy) is 1. The van der Waals surface area contributed by atoms with Crippen LogP contribution in [0.2, 0.25) is 0 Å². The minimum absolute atomic E-state index is 0.709. The van der Waals surface area contributed by atoms with Crippen molar-refractivity contribution in [3.63, 3.8) is 0 Å². The quantitative estimate of drug-likeness (QED) is 0.621. The first kappa shape index (κ1) is 17.2. The Bertz CT molecular complexity index is 332. The van der Waals surface area contributed by atoms with Gasteiger partial charge < -0.3 is 10.1 Å². The number of benzene rings is 1. The number of aryl methyl sites for hydroxylation is 1. The molecule has 0 saturated carbocycles. The van der Waals surface area contributed by atoms with Crippen molar-refractivity contribution in [3.8, 4) is 0 Å². The predicted molar refractivity (Wildman–Crippen MR) is 87.3 cm³/mol. The molecule has 0 saturated heterocycles. The monoisotopic (exact) mass is 277 g/mol. The first-order chi connectivity index (χ1) is 9.72. The maximum absolute atomic E-state index is 5.65. The summed E-state index contributed by atoms with van der Waals surface area (Å²) in [6, 6.07) is 9.00. The molecule has 114 valence electrons. The molecular formula is C18H31NO. The standard InChI is InChI=1S/C18H31NO/c1-4-5-6-17-7-9-18(10-8-17)11-13-20-14-12-19-15-16(2)3/h7-10,16,19H,4-6,11-15H2,1-3H3. The van der Waals surface area contributed by atoms with E-state index < -0.39 is 0 Å². The van der Waals surface area contributed by atoms with Gasteiger partial charge in [-0.15, -0.1) is 0 Å². The summed E-state index contributed by atoms with van der Waals surface area (Å²) in [5.41, 5.74) is 2.83. The smallest absolute Gasteiger partial charge is 0.0591 e. The molecule has 0 atom stereocenters. The van der Waals surface area contributed by atoms with E-state index in [1.807, 2.05) is 0 Å². The summed E-state index contributed by atoms with van der Waals surface area (Å²) < 4.78 is 5.65. The van der Waals surface area contributed by atoms with Crippen molar-refractivity contribution in [1.29, 1.82) is 0 Å². The molecule has 0 aliphatic heterocycles. The lowest BCUT2D eigenvalue weighted by atomic mass is 10.1. The zero-order chi connectivity index (χ0) is 14.6. The molecule has 0 heterocycles. The average molecular weight is 277 g/mol. The highest BCUT2D eigenvalue weighted by molar-refractivity contribution is 5.22. The molecule has 2 heteroatoms. The second kappa shape index (κ2) is 10.9. The molecule has 0 aliphatic carbocycles. The second-order valence-corrected chi connectivity index (χ2v) is 5.88. The van der Waals surface area contributed by atoms with Gasteiger partial charge in [-0.2, -0.15) is 0 Å². The summed E-state index contributed by atoms with van der Waals surface area (Å²) in [5.74, 6) is 0.709. The largest absolute Gasteiger partial charge is 0.380 e. The zero-order valence-corrected chi connectivity index (χ0v) is 13.5. The lowest BCUT2D eigenvalue weighted by Crippen LogP contribution is -2.24. The summed E-state index contributed by atoms with van der Waals surface area (Å²) in [6.45, 7) is 10.3. The van der Waals surface area contributed by atoms with Crippen LogP contribution in [0.1, 0.15) is 44.7 Å². The Balaban J connectivity index is 2.07. The molecule has 0 amide bonds. The van der Waals surface area contributed by atoms with Gasteiger partial charge in [-0.25, -0.2) is 0 Å². The van der Waals surface area contributed by atoms with Crippen LogP contribution in [0.4, 0.5) is 0 Å². The molecule has 0 bridgehead atoms. The van der Waals surface area contributed by atoms with Gasteiger partial charge in [-0.05, 0) is 42.9 Å². The van der Waals surface area contributed by atoms with Gasteiger partial charge in [0.05, 0.1) is 13.2 Å². The third-order valence-electron chi connectivity index (χ3n) is 3.35. The van der Waals surface area contributed by atoms with E-state index in [-0.39, 0.29) is 0 Å². The van der Waals surface area contributed by atoms with Crippen molar-refractivity contribution in [1.82, 2.24) is 5.32 Å². The third kappa shape index (κ3) is 8.34. The normalized spacial score (nSPS) is 11.2. The number of nitrogens with one attached hydrogen (secondary N) is 1. The van der Waals surface area contributed by atoms with Gasteiger partial charge in [0.2, 0.25) is 0 Å². The van der Waals surface area contributed by atoms with Gasteiger partial charge in [0, 0.05) is 6.54 Å². The summed E-state index contributed by atoms with van der Waals surface area (Å²) in [4.78, 5) is 0. The molecular weight excluding hydrogens is 246 g/mol. The van der Waals surface area contributed by atoms with Crippen molar-refractivity contribution in [2.75, 3.05) is 26.3 Å². The van der Waals surface area contributed by atoms with E-state index in [2.05, 4.69) is 50.4 Å². The van der Waals surface area contributed by atoms with Crippen LogP contribution in [0, 0.1) is 5.92 Å². The van der Waals surface area contributed by atoms with Crippen LogP contribution in [0.5, 0.6) is 0 Å². The van der Waals surface area contributed by atoms with Crippen LogP contribution >= 0.6 is 0 Å². The Morgan fingerprint density at radius 3 is 2.25 bits per heavy atom. The molecule has 1 N–H and O–H groups in total. The van der Waals surface area contributed by atoms with E-state index in [0.717, 1.165) is 32.7 Å². The summed E-state index contributed by atoms with van der Waals surface area (Å²) >= 11 is 0. The molecule has 0 fully saturated rings. The second-order valence-electron chi connectivity index (χ2n) is 5.88. The number of hydrogen-bond donors (Lipinski definition) is 1. The molecule has 0 spiro atoms. The van der Waals surface area contributed by atoms with Crippen LogP contribution in [0.25, 0.3) is 0 Å². The lowest BCUT2D eigenvalue weighted by molar-refractivity contribution is 0.138. The third-order valence-corrected chi connectivity index (χ3v) is 3.35.